The summed E-state index contributed by atoms with van der Waals surface area (Å²) in [6.45, 7) is 4.62. The standard InChI is InChI=1S/C16H24INO4/c1-12(2)18(16(19)20)15(9-6-10-22-11-21-3)13-7-4-5-8-14(13)17/h4-5,7-8,12,15H,6,9-11H2,1-3H3,(H,19,20)/t15-/m0/s1. The van der Waals surface area contributed by atoms with Crippen LogP contribution >= 0.6 is 22.6 Å². The Kier molecular flexibility index (Phi) is 8.74. The van der Waals surface area contributed by atoms with Crippen molar-refractivity contribution in [1.29, 1.82) is 0 Å². The number of hydrogen-bond donors (Lipinski definition) is 1. The van der Waals surface area contributed by atoms with Crippen molar-refractivity contribution in [2.24, 2.45) is 0 Å². The molecule has 22 heavy (non-hydrogen) atoms. The molecule has 124 valence electrons. The lowest BCUT2D eigenvalue weighted by Gasteiger charge is -2.33. The van der Waals surface area contributed by atoms with Crippen LogP contribution in [0.25, 0.3) is 0 Å². The summed E-state index contributed by atoms with van der Waals surface area (Å²) in [7, 11) is 1.58. The van der Waals surface area contributed by atoms with Crippen molar-refractivity contribution in [3.63, 3.8) is 0 Å². The lowest BCUT2D eigenvalue weighted by molar-refractivity contribution is -0.0330. The predicted molar refractivity (Wildman–Crippen MR) is 94.0 cm³/mol. The van der Waals surface area contributed by atoms with Crippen molar-refractivity contribution in [3.05, 3.63) is 33.4 Å². The number of nitrogens with zero attached hydrogens (tertiary/aromatic N) is 1. The summed E-state index contributed by atoms with van der Waals surface area (Å²) in [5, 5.41) is 9.58. The largest absolute Gasteiger partial charge is 0.465 e. The van der Waals surface area contributed by atoms with Crippen molar-refractivity contribution in [2.75, 3.05) is 20.5 Å². The number of halogens is 1. The summed E-state index contributed by atoms with van der Waals surface area (Å²) >= 11 is 2.26. The van der Waals surface area contributed by atoms with E-state index in [9.17, 15) is 9.90 Å². The van der Waals surface area contributed by atoms with Crippen LogP contribution in [0.15, 0.2) is 24.3 Å². The van der Waals surface area contributed by atoms with Gasteiger partial charge in [0, 0.05) is 23.3 Å². The van der Waals surface area contributed by atoms with Gasteiger partial charge in [0.05, 0.1) is 6.04 Å². The summed E-state index contributed by atoms with van der Waals surface area (Å²) in [4.78, 5) is 13.2. The van der Waals surface area contributed by atoms with Crippen LogP contribution in [0.4, 0.5) is 4.79 Å². The first-order valence-corrected chi connectivity index (χ1v) is 8.39. The van der Waals surface area contributed by atoms with Crippen LogP contribution in [-0.2, 0) is 9.47 Å². The third kappa shape index (κ3) is 5.73. The van der Waals surface area contributed by atoms with Gasteiger partial charge in [0.25, 0.3) is 0 Å². The molecular formula is C16H24INO4. The second-order valence-electron chi connectivity index (χ2n) is 5.28. The molecule has 0 radical (unpaired) electrons. The molecule has 1 aromatic carbocycles. The number of carboxylic acid groups (broad SMARTS) is 1. The van der Waals surface area contributed by atoms with Gasteiger partial charge in [-0.2, -0.15) is 0 Å². The average Bonchev–Trinajstić information content (AvgIpc) is 2.45. The summed E-state index contributed by atoms with van der Waals surface area (Å²) in [5.41, 5.74) is 1.05. The Labute approximate surface area is 145 Å². The monoisotopic (exact) mass is 421 g/mol. The molecule has 0 aliphatic carbocycles. The van der Waals surface area contributed by atoms with Gasteiger partial charge in [0.15, 0.2) is 0 Å². The molecular weight excluding hydrogens is 397 g/mol. The molecule has 1 atom stereocenters. The van der Waals surface area contributed by atoms with Gasteiger partial charge in [-0.05, 0) is 60.9 Å². The Morgan fingerprint density at radius 2 is 2.05 bits per heavy atom. The summed E-state index contributed by atoms with van der Waals surface area (Å²) in [6.07, 6.45) is 0.599. The van der Waals surface area contributed by atoms with Gasteiger partial charge in [0.1, 0.15) is 6.79 Å². The minimum Gasteiger partial charge on any atom is -0.465 e. The van der Waals surface area contributed by atoms with Crippen molar-refractivity contribution in [1.82, 2.24) is 4.90 Å². The molecule has 0 saturated heterocycles. The molecule has 0 aromatic heterocycles. The van der Waals surface area contributed by atoms with E-state index in [4.69, 9.17) is 9.47 Å². The normalized spacial score (nSPS) is 12.4. The van der Waals surface area contributed by atoms with Crippen molar-refractivity contribution < 1.29 is 19.4 Å². The van der Waals surface area contributed by atoms with Crippen molar-refractivity contribution in [3.8, 4) is 0 Å². The molecule has 0 fully saturated rings. The lowest BCUT2D eigenvalue weighted by Crippen LogP contribution is -2.39. The maximum absolute atomic E-state index is 11.7. The zero-order valence-electron chi connectivity index (χ0n) is 13.3. The predicted octanol–water partition coefficient (Wildman–Crippen LogP) is 4.12. The van der Waals surface area contributed by atoms with Crippen LogP contribution in [0.2, 0.25) is 0 Å². The van der Waals surface area contributed by atoms with E-state index >= 15 is 0 Å². The van der Waals surface area contributed by atoms with E-state index in [-0.39, 0.29) is 18.9 Å². The smallest absolute Gasteiger partial charge is 0.408 e. The molecule has 0 spiro atoms. The van der Waals surface area contributed by atoms with E-state index < -0.39 is 6.09 Å². The number of hydrogen-bond acceptors (Lipinski definition) is 3. The highest BCUT2D eigenvalue weighted by Crippen LogP contribution is 2.31. The number of methoxy groups -OCH3 is 1. The van der Waals surface area contributed by atoms with Gasteiger partial charge in [-0.3, -0.25) is 4.90 Å². The van der Waals surface area contributed by atoms with Crippen LogP contribution in [0, 0.1) is 3.57 Å². The molecule has 5 nitrogen and oxygen atoms in total. The van der Waals surface area contributed by atoms with Gasteiger partial charge in [-0.15, -0.1) is 0 Å². The fourth-order valence-electron chi connectivity index (χ4n) is 2.42. The second kappa shape index (κ2) is 10.0. The molecule has 1 amide bonds. The molecule has 0 heterocycles. The first-order valence-electron chi connectivity index (χ1n) is 7.31. The number of rotatable bonds is 9. The zero-order chi connectivity index (χ0) is 16.5. The molecule has 1 aromatic rings. The molecule has 0 saturated carbocycles. The Bertz CT molecular complexity index is 467. The van der Waals surface area contributed by atoms with E-state index in [1.165, 1.54) is 4.90 Å². The third-order valence-electron chi connectivity index (χ3n) is 3.34. The van der Waals surface area contributed by atoms with E-state index in [2.05, 4.69) is 22.6 Å². The Morgan fingerprint density at radius 3 is 2.59 bits per heavy atom. The van der Waals surface area contributed by atoms with Crippen LogP contribution in [0.5, 0.6) is 0 Å². The van der Waals surface area contributed by atoms with Crippen molar-refractivity contribution in [2.45, 2.75) is 38.8 Å². The SMILES string of the molecule is COCOCCC[C@@H](c1ccccc1I)N(C(=O)O)C(C)C. The summed E-state index contributed by atoms with van der Waals surface area (Å²) in [5.74, 6) is 0. The topological polar surface area (TPSA) is 59.0 Å². The molecule has 0 aliphatic rings. The van der Waals surface area contributed by atoms with E-state index in [0.717, 1.165) is 15.6 Å². The fourth-order valence-corrected chi connectivity index (χ4v) is 3.17. The summed E-state index contributed by atoms with van der Waals surface area (Å²) in [6, 6.07) is 7.66. The van der Waals surface area contributed by atoms with Crippen molar-refractivity contribution >= 4 is 28.7 Å². The highest BCUT2D eigenvalue weighted by atomic mass is 127. The van der Waals surface area contributed by atoms with Gasteiger partial charge < -0.3 is 14.6 Å². The zero-order valence-corrected chi connectivity index (χ0v) is 15.4. The van der Waals surface area contributed by atoms with Gasteiger partial charge >= 0.3 is 6.09 Å². The molecule has 1 N–H and O–H groups in total. The third-order valence-corrected chi connectivity index (χ3v) is 4.33. The number of ether oxygens (including phenoxy) is 2. The Hall–Kier alpha value is -0.860. The van der Waals surface area contributed by atoms with Crippen LogP contribution < -0.4 is 0 Å². The van der Waals surface area contributed by atoms with E-state index in [1.807, 2.05) is 38.1 Å². The molecule has 0 unspecified atom stereocenters. The number of amides is 1. The first-order chi connectivity index (χ1) is 10.5. The van der Waals surface area contributed by atoms with Crippen LogP contribution in [0.3, 0.4) is 0 Å². The average molecular weight is 421 g/mol. The van der Waals surface area contributed by atoms with Crippen LogP contribution in [0.1, 0.15) is 38.3 Å². The number of benzene rings is 1. The fraction of sp³-hybridized carbons (Fsp3) is 0.562. The molecule has 0 aliphatic heterocycles. The Balaban J connectivity index is 2.90. The number of carbonyl (C=O) groups is 1. The quantitative estimate of drug-likeness (QED) is 0.370. The highest BCUT2D eigenvalue weighted by Gasteiger charge is 2.28. The molecule has 1 rings (SSSR count). The molecule has 6 heteroatoms. The van der Waals surface area contributed by atoms with Gasteiger partial charge in [-0.1, -0.05) is 18.2 Å². The van der Waals surface area contributed by atoms with Crippen LogP contribution in [-0.4, -0.2) is 42.7 Å². The van der Waals surface area contributed by atoms with Gasteiger partial charge in [-0.25, -0.2) is 4.79 Å². The lowest BCUT2D eigenvalue weighted by atomic mass is 9.99. The molecule has 0 bridgehead atoms. The Morgan fingerprint density at radius 1 is 1.36 bits per heavy atom. The first kappa shape index (κ1) is 19.2. The maximum atomic E-state index is 11.7. The summed E-state index contributed by atoms with van der Waals surface area (Å²) < 4.78 is 11.2. The minimum absolute atomic E-state index is 0.0848. The highest BCUT2D eigenvalue weighted by molar-refractivity contribution is 14.1. The maximum Gasteiger partial charge on any atom is 0.408 e. The second-order valence-corrected chi connectivity index (χ2v) is 6.44. The van der Waals surface area contributed by atoms with E-state index in [1.54, 1.807) is 7.11 Å². The minimum atomic E-state index is -0.891. The van der Waals surface area contributed by atoms with E-state index in [0.29, 0.717) is 13.0 Å². The van der Waals surface area contributed by atoms with Gasteiger partial charge in [0.2, 0.25) is 0 Å².